The zero-order chi connectivity index (χ0) is 16.4. The van der Waals surface area contributed by atoms with Crippen LogP contribution in [0.15, 0.2) is 12.1 Å². The van der Waals surface area contributed by atoms with Crippen molar-refractivity contribution in [3.8, 4) is 11.5 Å². The summed E-state index contributed by atoms with van der Waals surface area (Å²) in [7, 11) is 0. The average molecular weight is 422 g/mol. The van der Waals surface area contributed by atoms with Crippen molar-refractivity contribution >= 4 is 22.6 Å². The Morgan fingerprint density at radius 2 is 1.64 bits per heavy atom. The second-order valence-corrected chi connectivity index (χ2v) is 5.87. The van der Waals surface area contributed by atoms with Gasteiger partial charge in [0.2, 0.25) is 0 Å². The fourth-order valence-electron chi connectivity index (χ4n) is 1.99. The lowest BCUT2D eigenvalue weighted by Crippen LogP contribution is -2.10. The van der Waals surface area contributed by atoms with Crippen molar-refractivity contribution < 1.29 is 18.9 Å². The van der Waals surface area contributed by atoms with Gasteiger partial charge in [-0.2, -0.15) is 0 Å². The van der Waals surface area contributed by atoms with Gasteiger partial charge in [-0.25, -0.2) is 0 Å². The Morgan fingerprint density at radius 1 is 0.955 bits per heavy atom. The molecule has 0 atom stereocenters. The maximum absolute atomic E-state index is 5.90. The molecule has 4 nitrogen and oxygen atoms in total. The van der Waals surface area contributed by atoms with Crippen LogP contribution in [0.2, 0.25) is 0 Å². The number of unbranched alkanes of at least 4 members (excludes halogenated alkanes) is 1. The molecule has 0 unspecified atom stereocenters. The molecule has 0 spiro atoms. The molecule has 0 aliphatic carbocycles. The van der Waals surface area contributed by atoms with E-state index in [0.717, 1.165) is 33.5 Å². The van der Waals surface area contributed by atoms with Gasteiger partial charge in [0.25, 0.3) is 0 Å². The van der Waals surface area contributed by atoms with Crippen LogP contribution in [0.25, 0.3) is 0 Å². The molecule has 0 heterocycles. The van der Waals surface area contributed by atoms with E-state index in [-0.39, 0.29) is 6.29 Å². The Bertz CT molecular complexity index is 431. The lowest BCUT2D eigenvalue weighted by Gasteiger charge is -2.20. The van der Waals surface area contributed by atoms with Crippen LogP contribution >= 0.6 is 22.6 Å². The average Bonchev–Trinajstić information content (AvgIpc) is 2.50. The number of halogens is 1. The first-order valence-electron chi connectivity index (χ1n) is 8.00. The molecule has 0 radical (unpaired) electrons. The zero-order valence-electron chi connectivity index (χ0n) is 14.0. The van der Waals surface area contributed by atoms with Crippen LogP contribution in [0.5, 0.6) is 11.5 Å². The van der Waals surface area contributed by atoms with Gasteiger partial charge in [-0.1, -0.05) is 13.3 Å². The lowest BCUT2D eigenvalue weighted by molar-refractivity contribution is -0.140. The van der Waals surface area contributed by atoms with Crippen LogP contribution in [0.1, 0.15) is 52.4 Å². The maximum atomic E-state index is 5.90. The van der Waals surface area contributed by atoms with Gasteiger partial charge in [-0.3, -0.25) is 0 Å². The normalized spacial score (nSPS) is 11.0. The smallest absolute Gasteiger partial charge is 0.183 e. The number of rotatable bonds is 11. The summed E-state index contributed by atoms with van der Waals surface area (Å²) in [6.07, 6.45) is 1.77. The van der Waals surface area contributed by atoms with Crippen LogP contribution in [0, 0.1) is 3.57 Å². The topological polar surface area (TPSA) is 36.9 Å². The standard InChI is InChI=1S/C17H27IO4/c1-5-9-10-22-16-14(18)11-13(12-15(16)19-6-2)17(20-7-3)21-8-4/h11-12,17H,5-10H2,1-4H3. The fraction of sp³-hybridized carbons (Fsp3) is 0.647. The Morgan fingerprint density at radius 3 is 2.18 bits per heavy atom. The molecule has 0 bridgehead atoms. The quantitative estimate of drug-likeness (QED) is 0.288. The van der Waals surface area contributed by atoms with E-state index in [1.165, 1.54) is 0 Å². The van der Waals surface area contributed by atoms with E-state index < -0.39 is 0 Å². The number of hydrogen-bond acceptors (Lipinski definition) is 4. The third-order valence-corrected chi connectivity index (χ3v) is 3.79. The van der Waals surface area contributed by atoms with E-state index in [2.05, 4.69) is 29.5 Å². The third kappa shape index (κ3) is 5.93. The fourth-order valence-corrected chi connectivity index (χ4v) is 2.77. The minimum absolute atomic E-state index is 0.368. The highest BCUT2D eigenvalue weighted by molar-refractivity contribution is 14.1. The molecule has 1 aromatic rings. The summed E-state index contributed by atoms with van der Waals surface area (Å²) in [5.74, 6) is 1.57. The van der Waals surface area contributed by atoms with E-state index in [1.807, 2.05) is 32.9 Å². The van der Waals surface area contributed by atoms with Crippen molar-refractivity contribution in [3.05, 3.63) is 21.3 Å². The van der Waals surface area contributed by atoms with Crippen LogP contribution < -0.4 is 9.47 Å². The molecule has 22 heavy (non-hydrogen) atoms. The molecule has 0 saturated heterocycles. The molecule has 1 aromatic carbocycles. The molecule has 5 heteroatoms. The minimum Gasteiger partial charge on any atom is -0.490 e. The summed E-state index contributed by atoms with van der Waals surface area (Å²) >= 11 is 2.28. The first-order chi connectivity index (χ1) is 10.7. The Kier molecular flexibility index (Phi) is 9.82. The van der Waals surface area contributed by atoms with Gasteiger partial charge < -0.3 is 18.9 Å². The summed E-state index contributed by atoms with van der Waals surface area (Å²) in [5, 5.41) is 0. The highest BCUT2D eigenvalue weighted by Crippen LogP contribution is 2.37. The highest BCUT2D eigenvalue weighted by Gasteiger charge is 2.18. The first kappa shape index (κ1) is 19.5. The molecule has 0 aromatic heterocycles. The van der Waals surface area contributed by atoms with Gasteiger partial charge in [0.05, 0.1) is 16.8 Å². The summed E-state index contributed by atoms with van der Waals surface area (Å²) in [6, 6.07) is 4.00. The first-order valence-corrected chi connectivity index (χ1v) is 9.07. The van der Waals surface area contributed by atoms with E-state index in [4.69, 9.17) is 18.9 Å². The Balaban J connectivity index is 3.05. The van der Waals surface area contributed by atoms with Crippen molar-refractivity contribution in [3.63, 3.8) is 0 Å². The van der Waals surface area contributed by atoms with Gasteiger partial charge >= 0.3 is 0 Å². The highest BCUT2D eigenvalue weighted by atomic mass is 127. The van der Waals surface area contributed by atoms with Crippen LogP contribution in [-0.2, 0) is 9.47 Å². The monoisotopic (exact) mass is 422 g/mol. The van der Waals surface area contributed by atoms with Gasteiger partial charge in [0.15, 0.2) is 17.8 Å². The molecule has 126 valence electrons. The van der Waals surface area contributed by atoms with Crippen molar-refractivity contribution in [1.29, 1.82) is 0 Å². The molecule has 0 amide bonds. The molecule has 1 rings (SSSR count). The lowest BCUT2D eigenvalue weighted by atomic mass is 10.2. The van der Waals surface area contributed by atoms with E-state index in [9.17, 15) is 0 Å². The summed E-state index contributed by atoms with van der Waals surface area (Å²) in [4.78, 5) is 0. The molecule has 0 aliphatic rings. The van der Waals surface area contributed by atoms with Crippen molar-refractivity contribution in [2.45, 2.75) is 46.8 Å². The summed E-state index contributed by atoms with van der Waals surface area (Å²) < 4.78 is 24.0. The minimum atomic E-state index is -0.368. The van der Waals surface area contributed by atoms with Gasteiger partial charge in [0.1, 0.15) is 0 Å². The van der Waals surface area contributed by atoms with Crippen molar-refractivity contribution in [2.24, 2.45) is 0 Å². The summed E-state index contributed by atoms with van der Waals surface area (Å²) in [6.45, 7) is 10.5. The van der Waals surface area contributed by atoms with Crippen molar-refractivity contribution in [1.82, 2.24) is 0 Å². The predicted molar refractivity (Wildman–Crippen MR) is 96.7 cm³/mol. The summed E-state index contributed by atoms with van der Waals surface area (Å²) in [5.41, 5.74) is 0.958. The van der Waals surface area contributed by atoms with Crippen LogP contribution in [-0.4, -0.2) is 26.4 Å². The van der Waals surface area contributed by atoms with E-state index >= 15 is 0 Å². The number of benzene rings is 1. The maximum Gasteiger partial charge on any atom is 0.183 e. The van der Waals surface area contributed by atoms with Crippen LogP contribution in [0.4, 0.5) is 0 Å². The second-order valence-electron chi connectivity index (χ2n) is 4.71. The van der Waals surface area contributed by atoms with Crippen LogP contribution in [0.3, 0.4) is 0 Å². The van der Waals surface area contributed by atoms with Gasteiger partial charge in [-0.05, 0) is 61.9 Å². The molecule has 0 aliphatic heterocycles. The Labute approximate surface area is 147 Å². The van der Waals surface area contributed by atoms with Crippen molar-refractivity contribution in [2.75, 3.05) is 26.4 Å². The predicted octanol–water partition coefficient (Wildman–Crippen LogP) is 4.94. The largest absolute Gasteiger partial charge is 0.490 e. The van der Waals surface area contributed by atoms with E-state index in [0.29, 0.717) is 26.4 Å². The van der Waals surface area contributed by atoms with E-state index in [1.54, 1.807) is 0 Å². The molecular formula is C17H27IO4. The SMILES string of the molecule is CCCCOc1c(I)cc(C(OCC)OCC)cc1OCC. The number of hydrogen-bond donors (Lipinski definition) is 0. The zero-order valence-corrected chi connectivity index (χ0v) is 16.1. The molecule has 0 fully saturated rings. The number of ether oxygens (including phenoxy) is 4. The van der Waals surface area contributed by atoms with Gasteiger partial charge in [0, 0.05) is 18.8 Å². The third-order valence-electron chi connectivity index (χ3n) is 2.98. The Hall–Kier alpha value is -0.530. The molecule has 0 saturated carbocycles. The molecular weight excluding hydrogens is 395 g/mol. The van der Waals surface area contributed by atoms with Gasteiger partial charge in [-0.15, -0.1) is 0 Å². The second kappa shape index (κ2) is 11.1. The molecule has 0 N–H and O–H groups in total.